The van der Waals surface area contributed by atoms with Crippen LogP contribution in [0.1, 0.15) is 15.9 Å². The van der Waals surface area contributed by atoms with E-state index in [0.29, 0.717) is 23.8 Å². The molecule has 0 aromatic heterocycles. The van der Waals surface area contributed by atoms with Crippen molar-refractivity contribution in [3.8, 4) is 11.5 Å². The molecule has 0 spiro atoms. The van der Waals surface area contributed by atoms with Gasteiger partial charge in [-0.15, -0.1) is 20.5 Å². The second-order valence-corrected chi connectivity index (χ2v) is 19.5. The van der Waals surface area contributed by atoms with Crippen LogP contribution in [0.15, 0.2) is 161 Å². The van der Waals surface area contributed by atoms with Crippen LogP contribution in [0.5, 0.6) is 11.5 Å². The summed E-state index contributed by atoms with van der Waals surface area (Å²) in [5.74, 6) is -6.72. The Kier molecular flexibility index (Phi) is 11.6. The number of carbonyl (C=O) groups is 1. The van der Waals surface area contributed by atoms with E-state index in [1.54, 1.807) is 36.4 Å². The minimum Gasteiger partial charge on any atom is -0.505 e. The molecule has 1 unspecified atom stereocenters. The molecule has 1 atom stereocenters. The van der Waals surface area contributed by atoms with E-state index in [4.69, 9.17) is 0 Å². The van der Waals surface area contributed by atoms with Gasteiger partial charge in [0.05, 0.1) is 0 Å². The van der Waals surface area contributed by atoms with E-state index in [1.165, 1.54) is 30.3 Å². The highest BCUT2D eigenvalue weighted by Crippen LogP contribution is 2.47. The highest BCUT2D eigenvalue weighted by Gasteiger charge is 2.51. The molecule has 336 valence electrons. The average Bonchev–Trinajstić information content (AvgIpc) is 3.22. The molecule has 0 fully saturated rings. The Hall–Kier alpha value is -6.85. The maximum atomic E-state index is 12.9. The maximum Gasteiger partial charge on any atom is 0.295 e. The van der Waals surface area contributed by atoms with Gasteiger partial charge < -0.3 is 25.7 Å². The molecule has 9 N–H and O–H groups in total. The van der Waals surface area contributed by atoms with Crippen LogP contribution in [0.4, 0.5) is 17.1 Å². The van der Waals surface area contributed by atoms with E-state index in [9.17, 15) is 77.1 Å². The minimum absolute atomic E-state index is 0.0598. The van der Waals surface area contributed by atoms with Crippen LogP contribution in [0.2, 0.25) is 0 Å². The average molecular weight is 968 g/mol. The lowest BCUT2D eigenvalue weighted by Gasteiger charge is -2.34. The van der Waals surface area contributed by atoms with Gasteiger partial charge in [0.25, 0.3) is 52.0 Å². The van der Waals surface area contributed by atoms with Crippen molar-refractivity contribution in [2.45, 2.75) is 31.0 Å². The fourth-order valence-corrected chi connectivity index (χ4v) is 9.56. The zero-order valence-corrected chi connectivity index (χ0v) is 35.5. The number of rotatable bonds is 11. The van der Waals surface area contributed by atoms with Crippen molar-refractivity contribution in [3.05, 3.63) is 132 Å². The van der Waals surface area contributed by atoms with E-state index < -0.39 is 128 Å². The lowest BCUT2D eigenvalue weighted by atomic mass is 9.89. The van der Waals surface area contributed by atoms with Crippen LogP contribution in [0, 0.1) is 0 Å². The summed E-state index contributed by atoms with van der Waals surface area (Å²) in [5, 5.41) is 60.2. The predicted molar refractivity (Wildman–Crippen MR) is 227 cm³/mol. The van der Waals surface area contributed by atoms with Crippen LogP contribution >= 0.6 is 0 Å². The number of azo groups is 2. The van der Waals surface area contributed by atoms with Gasteiger partial charge in [-0.05, 0) is 65.8 Å². The molecule has 0 radical (unpaired) electrons. The molecule has 26 heteroatoms. The van der Waals surface area contributed by atoms with Crippen molar-refractivity contribution in [1.29, 1.82) is 0 Å². The van der Waals surface area contributed by atoms with Crippen LogP contribution in [-0.4, -0.2) is 89.7 Å². The van der Waals surface area contributed by atoms with Gasteiger partial charge in [-0.1, -0.05) is 66.7 Å². The van der Waals surface area contributed by atoms with Crippen molar-refractivity contribution in [2.24, 2.45) is 20.5 Å². The number of aromatic hydroxyl groups is 2. The standard InChI is InChI=1S/C39H29N5O17S4/c45-35-27(18-30(63(53,54)55)25-12-7-13-29(33(25)35)62(50,51)52)41-43-38(15-14-23(20-39(38,48)49)21-8-3-1-4-9-21)44-42-28-19-31(64(56,57)58)26-16-24(40-37(47)22-10-5-2-6-11-22)17-32(65(59,60)61)34(26)36(28)46/h1-20,45-46,48-49H,(H,40,47)(H,50,51,52)(H,53,54,55)(H,56,57,58)(H,59,60,61). The molecule has 0 saturated carbocycles. The maximum absolute atomic E-state index is 12.9. The van der Waals surface area contributed by atoms with Crippen molar-refractivity contribution in [3.63, 3.8) is 0 Å². The summed E-state index contributed by atoms with van der Waals surface area (Å²) >= 11 is 0. The number of nitrogens with zero attached hydrogens (tertiary/aromatic N) is 4. The number of hydrogen-bond acceptors (Lipinski definition) is 17. The molecule has 7 rings (SSSR count). The second kappa shape index (κ2) is 16.3. The lowest BCUT2D eigenvalue weighted by Crippen LogP contribution is -2.50. The Labute approximate surface area is 366 Å². The smallest absolute Gasteiger partial charge is 0.295 e. The topological polar surface area (TPSA) is 377 Å². The molecule has 6 aromatic rings. The molecule has 0 heterocycles. The number of phenols is 2. The number of allylic oxidation sites excluding steroid dienone is 2. The van der Waals surface area contributed by atoms with Crippen LogP contribution in [-0.2, 0) is 40.5 Å². The molecule has 22 nitrogen and oxygen atoms in total. The first-order valence-electron chi connectivity index (χ1n) is 17.9. The molecule has 0 bridgehead atoms. The number of phenolic OH excluding ortho intramolecular Hbond substituents is 2. The number of aliphatic hydroxyl groups is 2. The third-order valence-electron chi connectivity index (χ3n) is 9.68. The van der Waals surface area contributed by atoms with Crippen LogP contribution in [0.3, 0.4) is 0 Å². The summed E-state index contributed by atoms with van der Waals surface area (Å²) < 4.78 is 142. The van der Waals surface area contributed by atoms with Gasteiger partial charge in [0, 0.05) is 32.8 Å². The zero-order valence-electron chi connectivity index (χ0n) is 32.2. The van der Waals surface area contributed by atoms with Crippen LogP contribution in [0.25, 0.3) is 27.1 Å². The third kappa shape index (κ3) is 8.98. The monoisotopic (exact) mass is 967 g/mol. The second-order valence-electron chi connectivity index (χ2n) is 13.9. The lowest BCUT2D eigenvalue weighted by molar-refractivity contribution is -0.157. The molecular weight excluding hydrogens is 939 g/mol. The SMILES string of the molecule is O=C(Nc1cc(S(=O)(=O)O)c2c(O)c(N=NC3(N=Nc4cc(S(=O)(=O)O)c5cccc(S(=O)(=O)O)c5c4O)C=CC(c4ccccc4)=CC3(O)O)cc(S(=O)(=O)O)c2c1)c1ccccc1. The van der Waals surface area contributed by atoms with E-state index >= 15 is 0 Å². The highest BCUT2D eigenvalue weighted by molar-refractivity contribution is 7.87. The Morgan fingerprint density at radius 1 is 0.554 bits per heavy atom. The fourth-order valence-electron chi connectivity index (χ4n) is 6.70. The van der Waals surface area contributed by atoms with Crippen LogP contribution < -0.4 is 5.32 Å². The Balaban J connectivity index is 1.47. The Morgan fingerprint density at radius 2 is 1.05 bits per heavy atom. The number of nitrogens with one attached hydrogen (secondary N) is 1. The molecule has 1 amide bonds. The van der Waals surface area contributed by atoms with Crippen molar-refractivity contribution in [2.75, 3.05) is 5.32 Å². The first kappa shape index (κ1) is 46.2. The van der Waals surface area contributed by atoms with Gasteiger partial charge in [-0.2, -0.15) is 33.7 Å². The highest BCUT2D eigenvalue weighted by atomic mass is 32.2. The van der Waals surface area contributed by atoms with Gasteiger partial charge in [-0.3, -0.25) is 23.0 Å². The van der Waals surface area contributed by atoms with Gasteiger partial charge in [0.1, 0.15) is 31.0 Å². The molecular formula is C39H29N5O17S4. The fraction of sp³-hybridized carbons (Fsp3) is 0.0513. The number of amides is 1. The number of hydrogen-bond donors (Lipinski definition) is 9. The molecule has 0 saturated heterocycles. The van der Waals surface area contributed by atoms with E-state index in [1.807, 2.05) is 0 Å². The van der Waals surface area contributed by atoms with E-state index in [2.05, 4.69) is 25.8 Å². The van der Waals surface area contributed by atoms with Gasteiger partial charge >= 0.3 is 0 Å². The molecule has 65 heavy (non-hydrogen) atoms. The molecule has 0 aliphatic heterocycles. The first-order chi connectivity index (χ1) is 30.2. The van der Waals surface area contributed by atoms with E-state index in [-0.39, 0.29) is 11.1 Å². The van der Waals surface area contributed by atoms with Crippen molar-refractivity contribution >= 4 is 90.6 Å². The van der Waals surface area contributed by atoms with Gasteiger partial charge in [0.15, 0.2) is 11.5 Å². The van der Waals surface area contributed by atoms with Crippen molar-refractivity contribution in [1.82, 2.24) is 0 Å². The summed E-state index contributed by atoms with van der Waals surface area (Å²) in [5.41, 5.74) is -5.06. The number of carbonyl (C=O) groups excluding carboxylic acids is 1. The molecule has 6 aromatic carbocycles. The summed E-state index contributed by atoms with van der Waals surface area (Å²) in [7, 11) is -21.5. The quantitative estimate of drug-likeness (QED) is 0.0437. The summed E-state index contributed by atoms with van der Waals surface area (Å²) in [6.45, 7) is 0. The molecule has 1 aliphatic carbocycles. The normalized spacial score (nSPS) is 16.9. The summed E-state index contributed by atoms with van der Waals surface area (Å²) in [6, 6.07) is 20.4. The number of benzene rings is 6. The minimum atomic E-state index is -5.47. The number of fused-ring (bicyclic) bond motifs is 2. The van der Waals surface area contributed by atoms with Crippen molar-refractivity contribution < 1.29 is 77.1 Å². The first-order valence-corrected chi connectivity index (χ1v) is 23.6. The third-order valence-corrected chi connectivity index (χ3v) is 13.2. The van der Waals surface area contributed by atoms with Gasteiger partial charge in [0.2, 0.25) is 5.79 Å². The summed E-state index contributed by atoms with van der Waals surface area (Å²) in [4.78, 5) is 8.37. The zero-order chi connectivity index (χ0) is 47.5. The summed E-state index contributed by atoms with van der Waals surface area (Å²) in [6.07, 6.45) is 2.76. The largest absolute Gasteiger partial charge is 0.505 e. The Bertz CT molecular complexity index is 3580. The Morgan fingerprint density at radius 3 is 1.55 bits per heavy atom. The van der Waals surface area contributed by atoms with E-state index in [0.717, 1.165) is 36.4 Å². The molecule has 1 aliphatic rings. The predicted octanol–water partition coefficient (Wildman–Crippen LogP) is 5.54. The van der Waals surface area contributed by atoms with Gasteiger partial charge in [-0.25, -0.2) is 0 Å². The number of anilines is 1.